The number of rotatable bonds is 6. The van der Waals surface area contributed by atoms with E-state index in [4.69, 9.17) is 11.6 Å². The highest BCUT2D eigenvalue weighted by molar-refractivity contribution is 6.28. The van der Waals surface area contributed by atoms with E-state index < -0.39 is 16.9 Å². The van der Waals surface area contributed by atoms with Gasteiger partial charge in [-0.15, -0.1) is 0 Å². The summed E-state index contributed by atoms with van der Waals surface area (Å²) in [6.07, 6.45) is 1.25. The Balaban J connectivity index is 3.45. The molecular weight excluding hydrogens is 288 g/mol. The van der Waals surface area contributed by atoms with E-state index in [2.05, 4.69) is 9.97 Å². The zero-order valence-corrected chi connectivity index (χ0v) is 12.0. The van der Waals surface area contributed by atoms with Gasteiger partial charge in [0, 0.05) is 6.04 Å². The maximum Gasteiger partial charge on any atom is 0.329 e. The molecule has 0 fully saturated rings. The molecular formula is C11H15ClN4O4. The molecule has 1 atom stereocenters. The van der Waals surface area contributed by atoms with Crippen LogP contribution in [0.15, 0.2) is 6.20 Å². The number of halogens is 1. The van der Waals surface area contributed by atoms with E-state index in [1.165, 1.54) is 4.90 Å². The van der Waals surface area contributed by atoms with Crippen LogP contribution in [0.1, 0.15) is 27.2 Å². The van der Waals surface area contributed by atoms with Crippen LogP contribution in [-0.2, 0) is 4.79 Å². The van der Waals surface area contributed by atoms with E-state index in [0.29, 0.717) is 0 Å². The third-order valence-electron chi connectivity index (χ3n) is 2.73. The lowest BCUT2D eigenvalue weighted by Gasteiger charge is -2.32. The van der Waals surface area contributed by atoms with Gasteiger partial charge in [0.25, 0.3) is 0 Å². The Kier molecular flexibility index (Phi) is 5.20. The first-order valence-electron chi connectivity index (χ1n) is 5.97. The van der Waals surface area contributed by atoms with Gasteiger partial charge in [-0.25, -0.2) is 9.78 Å². The van der Waals surface area contributed by atoms with Crippen molar-refractivity contribution in [3.05, 3.63) is 21.6 Å². The fourth-order valence-corrected chi connectivity index (χ4v) is 2.04. The number of aliphatic carboxylic acids is 1. The van der Waals surface area contributed by atoms with Crippen LogP contribution < -0.4 is 4.90 Å². The van der Waals surface area contributed by atoms with Crippen molar-refractivity contribution in [3.8, 4) is 0 Å². The molecule has 0 unspecified atom stereocenters. The van der Waals surface area contributed by atoms with Crippen molar-refractivity contribution >= 4 is 29.1 Å². The maximum atomic E-state index is 11.3. The third-order valence-corrected chi connectivity index (χ3v) is 2.91. The van der Waals surface area contributed by atoms with Crippen LogP contribution in [0.25, 0.3) is 0 Å². The fraction of sp³-hybridized carbons (Fsp3) is 0.545. The lowest BCUT2D eigenvalue weighted by atomic mass is 10.1. The molecule has 1 aromatic heterocycles. The zero-order chi connectivity index (χ0) is 15.4. The minimum absolute atomic E-state index is 0.0840. The molecule has 0 saturated heterocycles. The lowest BCUT2D eigenvalue weighted by molar-refractivity contribution is -0.384. The van der Waals surface area contributed by atoms with Crippen LogP contribution in [0, 0.1) is 10.1 Å². The number of nitro groups is 1. The number of carboxylic acid groups (broad SMARTS) is 1. The largest absolute Gasteiger partial charge is 0.480 e. The summed E-state index contributed by atoms with van der Waals surface area (Å²) in [6.45, 7) is 5.14. The molecule has 20 heavy (non-hydrogen) atoms. The van der Waals surface area contributed by atoms with Crippen LogP contribution in [0.4, 0.5) is 11.5 Å². The topological polar surface area (TPSA) is 109 Å². The van der Waals surface area contributed by atoms with E-state index in [9.17, 15) is 20.0 Å². The van der Waals surface area contributed by atoms with Gasteiger partial charge in [0.1, 0.15) is 12.2 Å². The predicted octanol–water partition coefficient (Wildman–Crippen LogP) is 2.12. The Morgan fingerprint density at radius 2 is 2.20 bits per heavy atom. The van der Waals surface area contributed by atoms with Gasteiger partial charge in [0.15, 0.2) is 0 Å². The molecule has 110 valence electrons. The molecule has 0 aromatic carbocycles. The van der Waals surface area contributed by atoms with Gasteiger partial charge < -0.3 is 10.0 Å². The Hall–Kier alpha value is -1.96. The first-order valence-corrected chi connectivity index (χ1v) is 6.35. The van der Waals surface area contributed by atoms with Gasteiger partial charge in [-0.2, -0.15) is 4.98 Å². The van der Waals surface area contributed by atoms with Gasteiger partial charge in [-0.05, 0) is 31.9 Å². The number of carboxylic acids is 1. The molecule has 0 aliphatic rings. The second-order valence-electron chi connectivity index (χ2n) is 4.37. The smallest absolute Gasteiger partial charge is 0.329 e. The van der Waals surface area contributed by atoms with Crippen LogP contribution >= 0.6 is 11.6 Å². The molecule has 1 heterocycles. The van der Waals surface area contributed by atoms with Crippen LogP contribution in [0.3, 0.4) is 0 Å². The second-order valence-corrected chi connectivity index (χ2v) is 4.71. The van der Waals surface area contributed by atoms with Crippen molar-refractivity contribution in [1.29, 1.82) is 0 Å². The van der Waals surface area contributed by atoms with E-state index >= 15 is 0 Å². The molecule has 1 N–H and O–H groups in total. The highest BCUT2D eigenvalue weighted by Crippen LogP contribution is 2.30. The van der Waals surface area contributed by atoms with Gasteiger partial charge in [0.2, 0.25) is 11.1 Å². The molecule has 8 nitrogen and oxygen atoms in total. The molecule has 0 bridgehead atoms. The molecule has 1 rings (SSSR count). The van der Waals surface area contributed by atoms with Crippen molar-refractivity contribution in [2.45, 2.75) is 39.3 Å². The average Bonchev–Trinajstić information content (AvgIpc) is 2.34. The number of nitrogens with zero attached hydrogens (tertiary/aromatic N) is 4. The highest BCUT2D eigenvalue weighted by Gasteiger charge is 2.33. The van der Waals surface area contributed by atoms with E-state index in [1.807, 2.05) is 0 Å². The van der Waals surface area contributed by atoms with Crippen LogP contribution in [-0.4, -0.2) is 38.1 Å². The van der Waals surface area contributed by atoms with Crippen molar-refractivity contribution in [2.24, 2.45) is 0 Å². The quantitative estimate of drug-likeness (QED) is 0.487. The number of hydrogen-bond acceptors (Lipinski definition) is 6. The molecule has 0 amide bonds. The average molecular weight is 303 g/mol. The summed E-state index contributed by atoms with van der Waals surface area (Å²) in [7, 11) is 0. The standard InChI is InChI=1S/C11H15ClN4O4/c1-4-7(10(17)18)15(6(2)3)9-8(16(19)20)5-13-11(12)14-9/h5-7H,4H2,1-3H3,(H,17,18)/t7-/m1/s1. The molecule has 0 radical (unpaired) electrons. The van der Waals surface area contributed by atoms with Crippen LogP contribution in [0.5, 0.6) is 0 Å². The highest BCUT2D eigenvalue weighted by atomic mass is 35.5. The number of hydrogen-bond donors (Lipinski definition) is 1. The van der Waals surface area contributed by atoms with Crippen molar-refractivity contribution in [1.82, 2.24) is 9.97 Å². The lowest BCUT2D eigenvalue weighted by Crippen LogP contribution is -2.46. The van der Waals surface area contributed by atoms with Crippen molar-refractivity contribution < 1.29 is 14.8 Å². The van der Waals surface area contributed by atoms with Gasteiger partial charge in [0.05, 0.1) is 4.92 Å². The summed E-state index contributed by atoms with van der Waals surface area (Å²) in [6, 6.07) is -1.24. The van der Waals surface area contributed by atoms with E-state index in [1.54, 1.807) is 20.8 Å². The molecule has 0 aliphatic heterocycles. The third kappa shape index (κ3) is 3.32. The molecule has 0 spiro atoms. The minimum Gasteiger partial charge on any atom is -0.480 e. The van der Waals surface area contributed by atoms with Crippen molar-refractivity contribution in [2.75, 3.05) is 4.90 Å². The molecule has 0 aliphatic carbocycles. The molecule has 9 heteroatoms. The number of anilines is 1. The molecule has 1 aromatic rings. The summed E-state index contributed by atoms with van der Waals surface area (Å²) in [5, 5.41) is 20.1. The first kappa shape index (κ1) is 16.1. The Morgan fingerprint density at radius 3 is 2.60 bits per heavy atom. The van der Waals surface area contributed by atoms with Gasteiger partial charge >= 0.3 is 11.7 Å². The normalized spacial score (nSPS) is 12.2. The summed E-state index contributed by atoms with van der Waals surface area (Å²) < 4.78 is 0. The SMILES string of the molecule is CC[C@H](C(=O)O)N(c1nc(Cl)ncc1[N+](=O)[O-])C(C)C. The first-order chi connectivity index (χ1) is 9.29. The monoisotopic (exact) mass is 302 g/mol. The summed E-state index contributed by atoms with van der Waals surface area (Å²) in [5.74, 6) is -1.16. The predicted molar refractivity (Wildman–Crippen MR) is 73.0 cm³/mol. The minimum atomic E-state index is -1.08. The van der Waals surface area contributed by atoms with E-state index in [0.717, 1.165) is 6.20 Å². The summed E-state index contributed by atoms with van der Waals surface area (Å²) in [5.41, 5.74) is -0.372. The maximum absolute atomic E-state index is 11.3. The Morgan fingerprint density at radius 1 is 1.60 bits per heavy atom. The fourth-order valence-electron chi connectivity index (χ4n) is 1.91. The van der Waals surface area contributed by atoms with Gasteiger partial charge in [-0.3, -0.25) is 10.1 Å². The Bertz CT molecular complexity index is 523. The van der Waals surface area contributed by atoms with Crippen LogP contribution in [0.2, 0.25) is 5.28 Å². The Labute approximate surface area is 120 Å². The van der Waals surface area contributed by atoms with E-state index in [-0.39, 0.29) is 29.3 Å². The second kappa shape index (κ2) is 6.47. The number of carbonyl (C=O) groups is 1. The number of aromatic nitrogens is 2. The van der Waals surface area contributed by atoms with Gasteiger partial charge in [-0.1, -0.05) is 6.92 Å². The zero-order valence-electron chi connectivity index (χ0n) is 11.3. The van der Waals surface area contributed by atoms with Crippen molar-refractivity contribution in [3.63, 3.8) is 0 Å². The summed E-state index contributed by atoms with van der Waals surface area (Å²) >= 11 is 5.68. The molecule has 0 saturated carbocycles. The summed E-state index contributed by atoms with van der Waals surface area (Å²) in [4.78, 5) is 30.5.